The molecule has 0 spiro atoms. The van der Waals surface area contributed by atoms with Gasteiger partial charge in [0.1, 0.15) is 18.2 Å². The molecule has 1 atom stereocenters. The van der Waals surface area contributed by atoms with Gasteiger partial charge in [0.05, 0.1) is 40.3 Å². The summed E-state index contributed by atoms with van der Waals surface area (Å²) in [7, 11) is 1.28. The molecule has 7 nitrogen and oxygen atoms in total. The van der Waals surface area contributed by atoms with Crippen molar-refractivity contribution in [3.8, 4) is 0 Å². The molecule has 46 heavy (non-hydrogen) atoms. The molecule has 5 rings (SSSR count). The lowest BCUT2D eigenvalue weighted by Gasteiger charge is -2.39. The molecule has 242 valence electrons. The molecular weight excluding hydrogens is 635 g/mol. The van der Waals surface area contributed by atoms with Gasteiger partial charge in [-0.3, -0.25) is 9.80 Å². The molecule has 1 unspecified atom stereocenters. The smallest absolute Gasteiger partial charge is 0.336 e. The van der Waals surface area contributed by atoms with Crippen LogP contribution >= 0.6 is 23.2 Å². The number of hydrogen-bond acceptors (Lipinski definition) is 7. The number of piperazine rings is 1. The van der Waals surface area contributed by atoms with Crippen LogP contribution in [0.15, 0.2) is 89.3 Å². The Labute approximate surface area is 277 Å². The van der Waals surface area contributed by atoms with Gasteiger partial charge in [0.15, 0.2) is 0 Å². The maximum Gasteiger partial charge on any atom is 0.336 e. The van der Waals surface area contributed by atoms with Gasteiger partial charge in [-0.2, -0.15) is 0 Å². The highest BCUT2D eigenvalue weighted by atomic mass is 35.5. The van der Waals surface area contributed by atoms with Crippen LogP contribution in [0, 0.1) is 11.6 Å². The summed E-state index contributed by atoms with van der Waals surface area (Å²) in [5, 5.41) is 3.65. The fraction of sp³-hybridized carbons (Fsp3) is 0.314. The highest BCUT2D eigenvalue weighted by Gasteiger charge is 2.39. The highest BCUT2D eigenvalue weighted by molar-refractivity contribution is 6.42. The molecule has 0 amide bonds. The molecule has 1 saturated heterocycles. The van der Waals surface area contributed by atoms with Crippen molar-refractivity contribution in [2.24, 2.45) is 0 Å². The zero-order valence-corrected chi connectivity index (χ0v) is 27.3. The van der Waals surface area contributed by atoms with Crippen LogP contribution < -0.4 is 5.32 Å². The van der Waals surface area contributed by atoms with E-state index in [0.29, 0.717) is 54.7 Å². The molecule has 0 aliphatic carbocycles. The lowest BCUT2D eigenvalue weighted by Crippen LogP contribution is -2.48. The van der Waals surface area contributed by atoms with Crippen LogP contribution in [-0.2, 0) is 19.1 Å². The normalized spacial score (nSPS) is 17.7. The number of carbonyl (C=O) groups is 2. The molecule has 2 heterocycles. The maximum atomic E-state index is 13.7. The van der Waals surface area contributed by atoms with Crippen molar-refractivity contribution in [1.82, 2.24) is 15.1 Å². The quantitative estimate of drug-likeness (QED) is 0.257. The number of allylic oxidation sites excluding steroid dienone is 2. The van der Waals surface area contributed by atoms with Crippen LogP contribution in [0.4, 0.5) is 8.78 Å². The Morgan fingerprint density at radius 3 is 1.93 bits per heavy atom. The Balaban J connectivity index is 1.26. The van der Waals surface area contributed by atoms with Gasteiger partial charge in [0, 0.05) is 44.1 Å². The molecule has 0 bridgehead atoms. The number of methoxy groups -OCH3 is 1. The molecule has 3 aromatic carbocycles. The lowest BCUT2D eigenvalue weighted by molar-refractivity contribution is -0.140. The zero-order chi connectivity index (χ0) is 33.0. The predicted molar refractivity (Wildman–Crippen MR) is 173 cm³/mol. The van der Waals surface area contributed by atoms with Crippen LogP contribution in [0.5, 0.6) is 0 Å². The average molecular weight is 671 g/mol. The highest BCUT2D eigenvalue weighted by Crippen LogP contribution is 2.43. The van der Waals surface area contributed by atoms with Crippen molar-refractivity contribution in [2.45, 2.75) is 25.8 Å². The first-order valence-corrected chi connectivity index (χ1v) is 15.7. The van der Waals surface area contributed by atoms with E-state index in [4.69, 9.17) is 32.7 Å². The minimum atomic E-state index is -0.842. The number of hydrogen-bond donors (Lipinski definition) is 1. The fourth-order valence-electron chi connectivity index (χ4n) is 6.19. The minimum Gasteiger partial charge on any atom is -0.466 e. The summed E-state index contributed by atoms with van der Waals surface area (Å²) in [5.41, 5.74) is 3.92. The van der Waals surface area contributed by atoms with E-state index in [1.165, 1.54) is 31.4 Å². The SMILES string of the molecule is COC(=O)C1=C(C)NC(C)=C(C(=O)OCCN2CCN(C(c3ccc(F)cc3)c3ccc(F)cc3)CC2)C1c1cccc(Cl)c1Cl. The molecule has 1 fully saturated rings. The summed E-state index contributed by atoms with van der Waals surface area (Å²) in [4.78, 5) is 31.1. The molecule has 1 N–H and O–H groups in total. The molecule has 3 aromatic rings. The number of dihydropyridines is 1. The monoisotopic (exact) mass is 669 g/mol. The third kappa shape index (κ3) is 7.28. The van der Waals surface area contributed by atoms with Crippen molar-refractivity contribution < 1.29 is 27.8 Å². The van der Waals surface area contributed by atoms with Gasteiger partial charge in [0.2, 0.25) is 0 Å². The first-order chi connectivity index (χ1) is 22.1. The van der Waals surface area contributed by atoms with Crippen LogP contribution in [-0.4, -0.2) is 68.2 Å². The summed E-state index contributed by atoms with van der Waals surface area (Å²) in [6, 6.07) is 17.7. The predicted octanol–water partition coefficient (Wildman–Crippen LogP) is 6.63. The zero-order valence-electron chi connectivity index (χ0n) is 25.8. The van der Waals surface area contributed by atoms with Crippen molar-refractivity contribution in [1.29, 1.82) is 0 Å². The third-order valence-electron chi connectivity index (χ3n) is 8.46. The van der Waals surface area contributed by atoms with E-state index in [9.17, 15) is 18.4 Å². The number of ether oxygens (including phenoxy) is 2. The standard InChI is InChI=1S/C35H35Cl2F2N3O4/c1-21-29(34(43)45-3)31(27-5-4-6-28(36)32(27)37)30(22(2)40-21)35(44)46-20-19-41-15-17-42(18-16-41)33(23-7-11-25(38)12-8-23)24-9-13-26(39)14-10-24/h4-14,31,33,40H,15-20H2,1-3H3. The Morgan fingerprint density at radius 1 is 0.848 bits per heavy atom. The summed E-state index contributed by atoms with van der Waals surface area (Å²) in [5.74, 6) is -2.64. The van der Waals surface area contributed by atoms with Crippen molar-refractivity contribution in [2.75, 3.05) is 46.4 Å². The van der Waals surface area contributed by atoms with Crippen LogP contribution in [0.1, 0.15) is 42.5 Å². The largest absolute Gasteiger partial charge is 0.466 e. The maximum absolute atomic E-state index is 13.7. The van der Waals surface area contributed by atoms with Crippen molar-refractivity contribution in [3.63, 3.8) is 0 Å². The molecule has 11 heteroatoms. The number of rotatable bonds is 9. The number of nitrogens with one attached hydrogen (secondary N) is 1. The minimum absolute atomic E-state index is 0.126. The molecular formula is C35H35Cl2F2N3O4. The number of halogens is 4. The van der Waals surface area contributed by atoms with E-state index in [1.807, 2.05) is 0 Å². The Bertz CT molecular complexity index is 1610. The Kier molecular flexibility index (Phi) is 10.8. The van der Waals surface area contributed by atoms with E-state index in [2.05, 4.69) is 15.1 Å². The van der Waals surface area contributed by atoms with Gasteiger partial charge < -0.3 is 14.8 Å². The van der Waals surface area contributed by atoms with E-state index < -0.39 is 17.9 Å². The Hall–Kier alpha value is -3.76. The van der Waals surface area contributed by atoms with Gasteiger partial charge in [-0.15, -0.1) is 0 Å². The molecule has 0 aromatic heterocycles. The van der Waals surface area contributed by atoms with Crippen molar-refractivity contribution >= 4 is 35.1 Å². The van der Waals surface area contributed by atoms with Crippen LogP contribution in [0.3, 0.4) is 0 Å². The second-order valence-corrected chi connectivity index (χ2v) is 12.1. The second-order valence-electron chi connectivity index (χ2n) is 11.3. The van der Waals surface area contributed by atoms with Crippen molar-refractivity contribution in [3.05, 3.63) is 128 Å². The number of benzene rings is 3. The first kappa shape index (κ1) is 33.6. The number of esters is 2. The third-order valence-corrected chi connectivity index (χ3v) is 9.30. The summed E-state index contributed by atoms with van der Waals surface area (Å²) in [6.45, 7) is 6.91. The van der Waals surface area contributed by atoms with Gasteiger partial charge in [0.25, 0.3) is 0 Å². The second kappa shape index (κ2) is 14.8. The van der Waals surface area contributed by atoms with E-state index in [0.717, 1.165) is 11.1 Å². The molecule has 0 radical (unpaired) electrons. The van der Waals surface area contributed by atoms with Gasteiger partial charge in [-0.05, 0) is 60.9 Å². The Morgan fingerprint density at radius 2 is 1.39 bits per heavy atom. The average Bonchev–Trinajstić information content (AvgIpc) is 3.04. The fourth-order valence-corrected chi connectivity index (χ4v) is 6.61. The molecule has 2 aliphatic heterocycles. The van der Waals surface area contributed by atoms with Gasteiger partial charge >= 0.3 is 11.9 Å². The summed E-state index contributed by atoms with van der Waals surface area (Å²) >= 11 is 12.9. The summed E-state index contributed by atoms with van der Waals surface area (Å²) in [6.07, 6.45) is 0. The van der Waals surface area contributed by atoms with E-state index in [-0.39, 0.29) is 40.5 Å². The molecule has 2 aliphatic rings. The van der Waals surface area contributed by atoms with Crippen LogP contribution in [0.2, 0.25) is 10.0 Å². The topological polar surface area (TPSA) is 71.1 Å². The van der Waals surface area contributed by atoms with Crippen LogP contribution in [0.25, 0.3) is 0 Å². The van der Waals surface area contributed by atoms with Gasteiger partial charge in [-0.25, -0.2) is 18.4 Å². The number of nitrogens with zero attached hydrogens (tertiary/aromatic N) is 2. The van der Waals surface area contributed by atoms with Gasteiger partial charge in [-0.1, -0.05) is 59.6 Å². The number of carbonyl (C=O) groups excluding carboxylic acids is 2. The van der Waals surface area contributed by atoms with E-state index in [1.54, 1.807) is 56.3 Å². The lowest BCUT2D eigenvalue weighted by atomic mass is 9.80. The van der Waals surface area contributed by atoms with E-state index >= 15 is 0 Å². The molecule has 0 saturated carbocycles. The first-order valence-electron chi connectivity index (χ1n) is 14.9. The summed E-state index contributed by atoms with van der Waals surface area (Å²) < 4.78 is 38.3.